The Labute approximate surface area is 153 Å². The van der Waals surface area contributed by atoms with Gasteiger partial charge in [0.1, 0.15) is 12.4 Å². The number of ether oxygens (including phenoxy) is 1. The second-order valence-corrected chi connectivity index (χ2v) is 6.78. The fraction of sp³-hybridized carbons (Fsp3) is 0.389. The van der Waals surface area contributed by atoms with Gasteiger partial charge >= 0.3 is 0 Å². The number of hydrogen-bond acceptors (Lipinski definition) is 4. The highest BCUT2D eigenvalue weighted by molar-refractivity contribution is 7.09. The zero-order chi connectivity index (χ0) is 16.1. The van der Waals surface area contributed by atoms with Gasteiger partial charge in [-0.15, -0.1) is 23.7 Å². The lowest BCUT2D eigenvalue weighted by atomic mass is 10.1. The van der Waals surface area contributed by atoms with Crippen molar-refractivity contribution in [3.05, 3.63) is 52.2 Å². The van der Waals surface area contributed by atoms with E-state index in [0.29, 0.717) is 18.2 Å². The molecule has 6 heteroatoms. The molecular formula is C18H23ClN2O2S. The molecule has 1 fully saturated rings. The van der Waals surface area contributed by atoms with Gasteiger partial charge < -0.3 is 15.0 Å². The van der Waals surface area contributed by atoms with Crippen molar-refractivity contribution >= 4 is 29.7 Å². The van der Waals surface area contributed by atoms with Crippen LogP contribution in [-0.2, 0) is 6.61 Å². The summed E-state index contributed by atoms with van der Waals surface area (Å²) in [7, 11) is 1.93. The smallest absolute Gasteiger partial charge is 0.254 e. The van der Waals surface area contributed by atoms with E-state index in [1.807, 2.05) is 53.7 Å². The Hall–Kier alpha value is -1.56. The molecule has 0 saturated carbocycles. The minimum absolute atomic E-state index is 0. The molecule has 1 aliphatic heterocycles. The first-order valence-corrected chi connectivity index (χ1v) is 8.86. The van der Waals surface area contributed by atoms with Gasteiger partial charge in [-0.25, -0.2) is 0 Å². The minimum atomic E-state index is 0. The van der Waals surface area contributed by atoms with E-state index >= 15 is 0 Å². The predicted molar refractivity (Wildman–Crippen MR) is 100 cm³/mol. The second-order valence-electron chi connectivity index (χ2n) is 5.75. The highest BCUT2D eigenvalue weighted by Crippen LogP contribution is 2.22. The van der Waals surface area contributed by atoms with Crippen LogP contribution in [0, 0.1) is 0 Å². The van der Waals surface area contributed by atoms with Crippen molar-refractivity contribution < 1.29 is 9.53 Å². The number of likely N-dealkylation sites (N-methyl/N-ethyl adjacent to an activating group) is 1. The van der Waals surface area contributed by atoms with E-state index in [4.69, 9.17) is 4.74 Å². The van der Waals surface area contributed by atoms with Gasteiger partial charge in [0.05, 0.1) is 0 Å². The monoisotopic (exact) mass is 366 g/mol. The van der Waals surface area contributed by atoms with Crippen molar-refractivity contribution in [1.82, 2.24) is 10.2 Å². The molecule has 1 aromatic heterocycles. The predicted octanol–water partition coefficient (Wildman–Crippen LogP) is 3.57. The van der Waals surface area contributed by atoms with Crippen molar-refractivity contribution in [3.63, 3.8) is 0 Å². The molecule has 1 atom stereocenters. The fourth-order valence-electron chi connectivity index (χ4n) is 2.98. The van der Waals surface area contributed by atoms with E-state index in [1.165, 1.54) is 4.88 Å². The summed E-state index contributed by atoms with van der Waals surface area (Å²) in [4.78, 5) is 15.9. The number of rotatable bonds is 6. The van der Waals surface area contributed by atoms with Crippen LogP contribution >= 0.6 is 23.7 Å². The van der Waals surface area contributed by atoms with Crippen LogP contribution < -0.4 is 10.1 Å². The van der Waals surface area contributed by atoms with Crippen LogP contribution in [0.2, 0.25) is 0 Å². The van der Waals surface area contributed by atoms with Crippen LogP contribution in [0.4, 0.5) is 0 Å². The number of hydrogen-bond donors (Lipinski definition) is 1. The lowest BCUT2D eigenvalue weighted by Gasteiger charge is -2.24. The molecule has 1 saturated heterocycles. The van der Waals surface area contributed by atoms with Crippen LogP contribution in [0.1, 0.15) is 28.1 Å². The maximum Gasteiger partial charge on any atom is 0.254 e. The second kappa shape index (κ2) is 9.06. The van der Waals surface area contributed by atoms with Gasteiger partial charge in [-0.05, 0) is 49.5 Å². The molecule has 0 bridgehead atoms. The van der Waals surface area contributed by atoms with Crippen LogP contribution in [0.5, 0.6) is 5.75 Å². The zero-order valence-corrected chi connectivity index (χ0v) is 15.4. The lowest BCUT2D eigenvalue weighted by Crippen LogP contribution is -2.40. The van der Waals surface area contributed by atoms with Gasteiger partial charge in [-0.1, -0.05) is 12.1 Å². The lowest BCUT2D eigenvalue weighted by molar-refractivity contribution is 0.0736. The Balaban J connectivity index is 0.00000208. The molecule has 2 aromatic rings. The molecular weight excluding hydrogens is 344 g/mol. The van der Waals surface area contributed by atoms with Crippen LogP contribution in [0.3, 0.4) is 0 Å². The molecule has 0 aliphatic carbocycles. The molecule has 0 spiro atoms. The number of carbonyl (C=O) groups excluding carboxylic acids is 1. The first-order chi connectivity index (χ1) is 11.3. The molecule has 4 nitrogen and oxygen atoms in total. The van der Waals surface area contributed by atoms with Crippen molar-refractivity contribution in [2.24, 2.45) is 0 Å². The standard InChI is InChI=1S/C18H22N2O2S.ClH/c1-19-12-15-6-3-9-20(15)18(21)14-5-2-7-16(11-14)22-13-17-8-4-10-23-17;/h2,4-5,7-8,10-11,15,19H,3,6,9,12-13H2,1H3;1H. The van der Waals surface area contributed by atoms with E-state index in [0.717, 1.165) is 31.7 Å². The van der Waals surface area contributed by atoms with Gasteiger partial charge in [0.25, 0.3) is 5.91 Å². The summed E-state index contributed by atoms with van der Waals surface area (Å²) >= 11 is 1.67. The number of benzene rings is 1. The SMILES string of the molecule is CNCC1CCCN1C(=O)c1cccc(OCc2cccs2)c1.Cl. The first-order valence-electron chi connectivity index (χ1n) is 7.99. The number of halogens is 1. The van der Waals surface area contributed by atoms with Crippen molar-refractivity contribution in [3.8, 4) is 5.75 Å². The number of thiophene rings is 1. The molecule has 1 aromatic carbocycles. The fourth-order valence-corrected chi connectivity index (χ4v) is 3.60. The molecule has 1 amide bonds. The number of nitrogens with one attached hydrogen (secondary N) is 1. The van der Waals surface area contributed by atoms with Gasteiger partial charge in [0.15, 0.2) is 0 Å². The van der Waals surface area contributed by atoms with E-state index in [2.05, 4.69) is 5.32 Å². The minimum Gasteiger partial charge on any atom is -0.488 e. The largest absolute Gasteiger partial charge is 0.488 e. The third kappa shape index (κ3) is 4.50. The molecule has 24 heavy (non-hydrogen) atoms. The van der Waals surface area contributed by atoms with E-state index in [-0.39, 0.29) is 18.3 Å². The normalized spacial score (nSPS) is 16.7. The van der Waals surface area contributed by atoms with E-state index < -0.39 is 0 Å². The van der Waals surface area contributed by atoms with Crippen LogP contribution in [0.25, 0.3) is 0 Å². The van der Waals surface area contributed by atoms with Gasteiger partial charge in [-0.2, -0.15) is 0 Å². The van der Waals surface area contributed by atoms with Gasteiger partial charge in [0, 0.05) is 29.6 Å². The highest BCUT2D eigenvalue weighted by atomic mass is 35.5. The number of amides is 1. The highest BCUT2D eigenvalue weighted by Gasteiger charge is 2.28. The summed E-state index contributed by atoms with van der Waals surface area (Å²) in [5.74, 6) is 0.845. The average Bonchev–Trinajstić information content (AvgIpc) is 3.24. The summed E-state index contributed by atoms with van der Waals surface area (Å²) in [6.45, 7) is 2.23. The average molecular weight is 367 g/mol. The molecule has 1 aliphatic rings. The van der Waals surface area contributed by atoms with Gasteiger partial charge in [0.2, 0.25) is 0 Å². The maximum absolute atomic E-state index is 12.8. The molecule has 2 heterocycles. The Kier molecular flexibility index (Phi) is 7.09. The number of nitrogens with zero attached hydrogens (tertiary/aromatic N) is 1. The van der Waals surface area contributed by atoms with Crippen molar-refractivity contribution in [2.75, 3.05) is 20.1 Å². The third-order valence-electron chi connectivity index (χ3n) is 4.12. The van der Waals surface area contributed by atoms with Crippen LogP contribution in [-0.4, -0.2) is 37.0 Å². The Bertz CT molecular complexity index is 648. The molecule has 130 valence electrons. The molecule has 0 radical (unpaired) electrons. The summed E-state index contributed by atoms with van der Waals surface area (Å²) < 4.78 is 5.81. The van der Waals surface area contributed by atoms with Crippen molar-refractivity contribution in [2.45, 2.75) is 25.5 Å². The van der Waals surface area contributed by atoms with Crippen molar-refractivity contribution in [1.29, 1.82) is 0 Å². The van der Waals surface area contributed by atoms with Gasteiger partial charge in [-0.3, -0.25) is 4.79 Å². The summed E-state index contributed by atoms with van der Waals surface area (Å²) in [6, 6.07) is 11.9. The van der Waals surface area contributed by atoms with E-state index in [9.17, 15) is 4.79 Å². The third-order valence-corrected chi connectivity index (χ3v) is 4.97. The van der Waals surface area contributed by atoms with E-state index in [1.54, 1.807) is 11.3 Å². The maximum atomic E-state index is 12.8. The zero-order valence-electron chi connectivity index (χ0n) is 13.7. The summed E-state index contributed by atoms with van der Waals surface area (Å²) in [5, 5.41) is 5.21. The molecule has 1 unspecified atom stereocenters. The Morgan fingerprint density at radius 1 is 1.38 bits per heavy atom. The molecule has 1 N–H and O–H groups in total. The summed E-state index contributed by atoms with van der Waals surface area (Å²) in [6.07, 6.45) is 2.15. The van der Waals surface area contributed by atoms with Crippen LogP contribution in [0.15, 0.2) is 41.8 Å². The number of likely N-dealkylation sites (tertiary alicyclic amines) is 1. The Morgan fingerprint density at radius 3 is 3.00 bits per heavy atom. The summed E-state index contributed by atoms with van der Waals surface area (Å²) in [5.41, 5.74) is 0.705. The number of carbonyl (C=O) groups is 1. The first kappa shape index (κ1) is 18.8. The molecule has 3 rings (SSSR count). The Morgan fingerprint density at radius 2 is 2.25 bits per heavy atom. The quantitative estimate of drug-likeness (QED) is 0.849. The topological polar surface area (TPSA) is 41.6 Å².